The summed E-state index contributed by atoms with van der Waals surface area (Å²) < 4.78 is 17.9. The van der Waals surface area contributed by atoms with Crippen LogP contribution in [0.4, 0.5) is 15.8 Å². The molecule has 0 spiro atoms. The summed E-state index contributed by atoms with van der Waals surface area (Å²) in [4.78, 5) is 23.4. The summed E-state index contributed by atoms with van der Waals surface area (Å²) in [5.74, 6) is -0.451. The molecule has 0 aliphatic heterocycles. The monoisotopic (exact) mass is 293 g/mol. The Kier molecular flexibility index (Phi) is 4.02. The van der Waals surface area contributed by atoms with Crippen LogP contribution in [0.3, 0.4) is 0 Å². The van der Waals surface area contributed by atoms with Crippen molar-refractivity contribution in [2.75, 3.05) is 0 Å². The highest BCUT2D eigenvalue weighted by atomic mass is 19.1. The van der Waals surface area contributed by atoms with Gasteiger partial charge in [-0.25, -0.2) is 4.98 Å². The number of nitrogens with zero attached hydrogens (tertiary/aromatic N) is 3. The molecule has 1 aromatic heterocycles. The van der Waals surface area contributed by atoms with Crippen LogP contribution < -0.4 is 4.74 Å². The summed E-state index contributed by atoms with van der Waals surface area (Å²) in [6.45, 7) is -0.193. The minimum Gasteiger partial charge on any atom is -0.487 e. The standard InChI is InChI=1S/C12H8FN3O5/c13-12-4-3-10(6-14-12)21-7-8-1-2-9(15(17)18)5-11(8)16(19)20/h1-6H,7H2. The maximum atomic E-state index is 12.6. The van der Waals surface area contributed by atoms with E-state index < -0.39 is 21.5 Å². The number of aromatic nitrogens is 1. The molecule has 0 N–H and O–H groups in total. The smallest absolute Gasteiger partial charge is 0.282 e. The maximum Gasteiger partial charge on any atom is 0.282 e. The second-order valence-corrected chi connectivity index (χ2v) is 3.93. The van der Waals surface area contributed by atoms with Crippen LogP contribution in [-0.2, 0) is 6.61 Å². The van der Waals surface area contributed by atoms with Crippen molar-refractivity contribution in [3.63, 3.8) is 0 Å². The zero-order valence-corrected chi connectivity index (χ0v) is 10.4. The van der Waals surface area contributed by atoms with Crippen LogP contribution in [0.2, 0.25) is 0 Å². The second kappa shape index (κ2) is 5.90. The van der Waals surface area contributed by atoms with Gasteiger partial charge in [-0.3, -0.25) is 20.2 Å². The Morgan fingerprint density at radius 3 is 2.48 bits per heavy atom. The van der Waals surface area contributed by atoms with Gasteiger partial charge in [-0.2, -0.15) is 4.39 Å². The number of benzene rings is 1. The third kappa shape index (κ3) is 3.47. The van der Waals surface area contributed by atoms with Crippen LogP contribution >= 0.6 is 0 Å². The molecule has 108 valence electrons. The van der Waals surface area contributed by atoms with Crippen molar-refractivity contribution in [2.45, 2.75) is 6.61 Å². The van der Waals surface area contributed by atoms with Crippen LogP contribution in [0.15, 0.2) is 36.5 Å². The average Bonchev–Trinajstić information content (AvgIpc) is 2.46. The van der Waals surface area contributed by atoms with E-state index >= 15 is 0 Å². The van der Waals surface area contributed by atoms with E-state index in [0.29, 0.717) is 0 Å². The lowest BCUT2D eigenvalue weighted by Crippen LogP contribution is -2.02. The fourth-order valence-electron chi connectivity index (χ4n) is 1.57. The van der Waals surface area contributed by atoms with Gasteiger partial charge in [-0.05, 0) is 18.2 Å². The first kappa shape index (κ1) is 14.3. The number of non-ortho nitro benzene ring substituents is 1. The Labute approximate surface area is 117 Å². The van der Waals surface area contributed by atoms with Gasteiger partial charge in [0.2, 0.25) is 5.95 Å². The molecule has 2 rings (SSSR count). The van der Waals surface area contributed by atoms with E-state index in [-0.39, 0.29) is 23.6 Å². The van der Waals surface area contributed by atoms with E-state index in [1.54, 1.807) is 0 Å². The molecular formula is C12H8FN3O5. The second-order valence-electron chi connectivity index (χ2n) is 3.93. The molecule has 0 saturated heterocycles. The lowest BCUT2D eigenvalue weighted by atomic mass is 10.1. The molecule has 0 atom stereocenters. The quantitative estimate of drug-likeness (QED) is 0.476. The van der Waals surface area contributed by atoms with E-state index in [2.05, 4.69) is 4.98 Å². The van der Waals surface area contributed by atoms with Gasteiger partial charge in [0.15, 0.2) is 0 Å². The van der Waals surface area contributed by atoms with Crippen molar-refractivity contribution >= 4 is 11.4 Å². The first-order valence-electron chi connectivity index (χ1n) is 5.63. The van der Waals surface area contributed by atoms with E-state index in [4.69, 9.17) is 4.74 Å². The molecule has 0 amide bonds. The summed E-state index contributed by atoms with van der Waals surface area (Å²) in [6.07, 6.45) is 1.13. The predicted molar refractivity (Wildman–Crippen MR) is 68.3 cm³/mol. The predicted octanol–water partition coefficient (Wildman–Crippen LogP) is 2.62. The van der Waals surface area contributed by atoms with Crippen LogP contribution in [0.5, 0.6) is 5.75 Å². The first-order valence-corrected chi connectivity index (χ1v) is 5.63. The molecule has 0 aliphatic rings. The van der Waals surface area contributed by atoms with Gasteiger partial charge in [0, 0.05) is 6.07 Å². The Morgan fingerprint density at radius 2 is 1.90 bits per heavy atom. The third-order valence-electron chi connectivity index (χ3n) is 2.57. The van der Waals surface area contributed by atoms with Crippen LogP contribution in [0.1, 0.15) is 5.56 Å². The number of hydrogen-bond acceptors (Lipinski definition) is 6. The van der Waals surface area contributed by atoms with Gasteiger partial charge in [0.25, 0.3) is 11.4 Å². The Bertz CT molecular complexity index is 690. The molecular weight excluding hydrogens is 285 g/mol. The van der Waals surface area contributed by atoms with Gasteiger partial charge < -0.3 is 4.74 Å². The Balaban J connectivity index is 2.21. The molecule has 0 bridgehead atoms. The van der Waals surface area contributed by atoms with Crippen molar-refractivity contribution in [1.29, 1.82) is 0 Å². The largest absolute Gasteiger partial charge is 0.487 e. The number of ether oxygens (including phenoxy) is 1. The maximum absolute atomic E-state index is 12.6. The molecule has 0 saturated carbocycles. The molecule has 0 fully saturated rings. The van der Waals surface area contributed by atoms with Crippen LogP contribution in [-0.4, -0.2) is 14.8 Å². The van der Waals surface area contributed by atoms with E-state index in [1.165, 1.54) is 12.1 Å². The fourth-order valence-corrected chi connectivity index (χ4v) is 1.57. The van der Waals surface area contributed by atoms with Crippen molar-refractivity contribution in [3.8, 4) is 5.75 Å². The molecule has 1 heterocycles. The molecule has 0 unspecified atom stereocenters. The topological polar surface area (TPSA) is 108 Å². The molecule has 0 aliphatic carbocycles. The van der Waals surface area contributed by atoms with E-state index in [1.807, 2.05) is 0 Å². The SMILES string of the molecule is O=[N+]([O-])c1ccc(COc2ccc(F)nc2)c([N+](=O)[O-])c1. The Hall–Kier alpha value is -3.10. The van der Waals surface area contributed by atoms with Crippen molar-refractivity contribution in [3.05, 3.63) is 68.3 Å². The molecule has 8 nitrogen and oxygen atoms in total. The highest BCUT2D eigenvalue weighted by Crippen LogP contribution is 2.25. The lowest BCUT2D eigenvalue weighted by Gasteiger charge is -2.06. The van der Waals surface area contributed by atoms with E-state index in [9.17, 15) is 24.6 Å². The number of nitro benzene ring substituents is 2. The minimum absolute atomic E-state index is 0.162. The molecule has 0 radical (unpaired) electrons. The Morgan fingerprint density at radius 1 is 1.14 bits per heavy atom. The zero-order chi connectivity index (χ0) is 15.4. The summed E-state index contributed by atoms with van der Waals surface area (Å²) in [6, 6.07) is 5.66. The number of rotatable bonds is 5. The van der Waals surface area contributed by atoms with E-state index in [0.717, 1.165) is 24.4 Å². The van der Waals surface area contributed by atoms with Gasteiger partial charge in [-0.1, -0.05) is 0 Å². The molecule has 9 heteroatoms. The van der Waals surface area contributed by atoms with Crippen LogP contribution in [0, 0.1) is 26.2 Å². The molecule has 21 heavy (non-hydrogen) atoms. The van der Waals surface area contributed by atoms with Gasteiger partial charge in [-0.15, -0.1) is 0 Å². The average molecular weight is 293 g/mol. The lowest BCUT2D eigenvalue weighted by molar-refractivity contribution is -0.394. The summed E-state index contributed by atoms with van der Waals surface area (Å²) in [7, 11) is 0. The number of hydrogen-bond donors (Lipinski definition) is 0. The third-order valence-corrected chi connectivity index (χ3v) is 2.57. The van der Waals surface area contributed by atoms with Crippen molar-refractivity contribution < 1.29 is 19.0 Å². The van der Waals surface area contributed by atoms with Gasteiger partial charge in [0.05, 0.1) is 27.7 Å². The fraction of sp³-hybridized carbons (Fsp3) is 0.0833. The van der Waals surface area contributed by atoms with Gasteiger partial charge >= 0.3 is 0 Å². The summed E-state index contributed by atoms with van der Waals surface area (Å²) in [5.41, 5.74) is -0.636. The summed E-state index contributed by atoms with van der Waals surface area (Å²) >= 11 is 0. The number of nitro groups is 2. The highest BCUT2D eigenvalue weighted by Gasteiger charge is 2.19. The first-order chi connectivity index (χ1) is 9.97. The van der Waals surface area contributed by atoms with Gasteiger partial charge in [0.1, 0.15) is 12.4 Å². The summed E-state index contributed by atoms with van der Waals surface area (Å²) in [5, 5.41) is 21.5. The van der Waals surface area contributed by atoms with Crippen molar-refractivity contribution in [1.82, 2.24) is 4.98 Å². The number of pyridine rings is 1. The minimum atomic E-state index is -0.728. The molecule has 1 aromatic carbocycles. The molecule has 2 aromatic rings. The van der Waals surface area contributed by atoms with Crippen LogP contribution in [0.25, 0.3) is 0 Å². The number of halogens is 1. The normalized spacial score (nSPS) is 10.1. The highest BCUT2D eigenvalue weighted by molar-refractivity contribution is 5.49. The van der Waals surface area contributed by atoms with Crippen molar-refractivity contribution in [2.24, 2.45) is 0 Å². The zero-order valence-electron chi connectivity index (χ0n) is 10.4.